The lowest BCUT2D eigenvalue weighted by molar-refractivity contribution is -0.133. The van der Waals surface area contributed by atoms with Crippen LogP contribution in [0.3, 0.4) is 0 Å². The Balaban J connectivity index is 2.25. The molecule has 0 heterocycles. The Hall–Kier alpha value is -3.14. The number of hydrogen-bond donors (Lipinski definition) is 0. The van der Waals surface area contributed by atoms with Crippen LogP contribution in [0.5, 0.6) is 0 Å². The van der Waals surface area contributed by atoms with Gasteiger partial charge in [0.15, 0.2) is 0 Å². The zero-order chi connectivity index (χ0) is 18.1. The van der Waals surface area contributed by atoms with Crippen LogP contribution in [0.25, 0.3) is 17.7 Å². The van der Waals surface area contributed by atoms with Gasteiger partial charge in [0.25, 0.3) is 0 Å². The molecule has 0 bridgehead atoms. The summed E-state index contributed by atoms with van der Waals surface area (Å²) in [6, 6.07) is 13.7. The summed E-state index contributed by atoms with van der Waals surface area (Å²) in [4.78, 5) is 12.0. The highest BCUT2D eigenvalue weighted by Gasteiger charge is 2.15. The summed E-state index contributed by atoms with van der Waals surface area (Å²) in [5.41, 5.74) is 2.64. The number of ether oxygens (including phenoxy) is 2. The van der Waals surface area contributed by atoms with E-state index in [0.29, 0.717) is 11.1 Å². The third-order valence-electron chi connectivity index (χ3n) is 3.42. The van der Waals surface area contributed by atoms with Gasteiger partial charge in [-0.05, 0) is 28.8 Å². The van der Waals surface area contributed by atoms with E-state index in [1.807, 2.05) is 48.6 Å². The van der Waals surface area contributed by atoms with Crippen LogP contribution in [0, 0.1) is 5.82 Å². The van der Waals surface area contributed by atoms with Crippen LogP contribution in [-0.4, -0.2) is 20.2 Å². The molecule has 0 atom stereocenters. The van der Waals surface area contributed by atoms with Gasteiger partial charge in [0.1, 0.15) is 11.4 Å². The maximum Gasteiger partial charge on any atom is 0.341 e. The third kappa shape index (κ3) is 5.18. The lowest BCUT2D eigenvalue weighted by Gasteiger charge is -2.08. The molecule has 0 fully saturated rings. The van der Waals surface area contributed by atoms with Gasteiger partial charge in [-0.1, -0.05) is 60.7 Å². The van der Waals surface area contributed by atoms with Crippen LogP contribution >= 0.6 is 0 Å². The van der Waals surface area contributed by atoms with Crippen molar-refractivity contribution in [2.45, 2.75) is 0 Å². The number of rotatable bonds is 6. The summed E-state index contributed by atoms with van der Waals surface area (Å²) >= 11 is 0. The van der Waals surface area contributed by atoms with Gasteiger partial charge in [0, 0.05) is 0 Å². The molecule has 2 rings (SSSR count). The number of carbonyl (C=O) groups is 1. The van der Waals surface area contributed by atoms with E-state index < -0.39 is 5.97 Å². The molecule has 128 valence electrons. The fourth-order valence-corrected chi connectivity index (χ4v) is 2.27. The lowest BCUT2D eigenvalue weighted by Crippen LogP contribution is -2.05. The number of allylic oxidation sites excluding steroid dienone is 2. The summed E-state index contributed by atoms with van der Waals surface area (Å²) in [5, 5.41) is 0. The van der Waals surface area contributed by atoms with Gasteiger partial charge in [-0.25, -0.2) is 9.18 Å². The number of halogens is 1. The molecule has 0 amide bonds. The standard InChI is InChI=1S/C21H19FO3/c1-24-15-20(21(23)25-2)19-13-6-5-11-17(19)10-4-3-8-16-9-7-12-18(22)14-16/h3-15H,1-2H3/b8-3+,10-4+,20-15+. The number of hydrogen-bond acceptors (Lipinski definition) is 3. The minimum Gasteiger partial charge on any atom is -0.503 e. The Morgan fingerprint density at radius 2 is 1.76 bits per heavy atom. The van der Waals surface area contributed by atoms with Gasteiger partial charge in [0.05, 0.1) is 20.5 Å². The number of carbonyl (C=O) groups excluding carboxylic acids is 1. The van der Waals surface area contributed by atoms with Gasteiger partial charge in [-0.3, -0.25) is 0 Å². The minimum atomic E-state index is -0.474. The summed E-state index contributed by atoms with van der Waals surface area (Å²) < 4.78 is 23.0. The zero-order valence-electron chi connectivity index (χ0n) is 14.1. The molecule has 0 unspecified atom stereocenters. The molecule has 0 spiro atoms. The molecule has 0 N–H and O–H groups in total. The Morgan fingerprint density at radius 3 is 2.48 bits per heavy atom. The molecule has 0 aliphatic carbocycles. The first-order chi connectivity index (χ1) is 12.2. The predicted molar refractivity (Wildman–Crippen MR) is 97.9 cm³/mol. The topological polar surface area (TPSA) is 35.5 Å². The molecule has 0 radical (unpaired) electrons. The first-order valence-electron chi connectivity index (χ1n) is 7.66. The van der Waals surface area contributed by atoms with Crippen molar-refractivity contribution in [3.63, 3.8) is 0 Å². The molecule has 2 aromatic rings. The van der Waals surface area contributed by atoms with E-state index in [2.05, 4.69) is 0 Å². The van der Waals surface area contributed by atoms with Crippen molar-refractivity contribution in [2.75, 3.05) is 14.2 Å². The van der Waals surface area contributed by atoms with E-state index in [4.69, 9.17) is 9.47 Å². The SMILES string of the molecule is CO/C=C(/C(=O)OC)c1ccccc1/C=C/C=C/c1cccc(F)c1. The Bertz CT molecular complexity index is 819. The molecule has 25 heavy (non-hydrogen) atoms. The number of benzene rings is 2. The molecule has 0 aromatic heterocycles. The third-order valence-corrected chi connectivity index (χ3v) is 3.42. The van der Waals surface area contributed by atoms with E-state index in [1.54, 1.807) is 12.1 Å². The fraction of sp³-hybridized carbons (Fsp3) is 0.0952. The van der Waals surface area contributed by atoms with E-state index in [0.717, 1.165) is 11.1 Å². The average Bonchev–Trinajstić information content (AvgIpc) is 2.63. The maximum absolute atomic E-state index is 13.2. The van der Waals surface area contributed by atoms with Gasteiger partial charge in [0.2, 0.25) is 0 Å². The van der Waals surface area contributed by atoms with Crippen LogP contribution in [-0.2, 0) is 14.3 Å². The Labute approximate surface area is 146 Å². The normalized spacial score (nSPS) is 11.9. The molecule has 2 aromatic carbocycles. The second kappa shape index (κ2) is 9.23. The van der Waals surface area contributed by atoms with Crippen LogP contribution < -0.4 is 0 Å². The second-order valence-electron chi connectivity index (χ2n) is 5.12. The molecule has 3 nitrogen and oxygen atoms in total. The largest absolute Gasteiger partial charge is 0.503 e. The number of esters is 1. The maximum atomic E-state index is 13.2. The van der Waals surface area contributed by atoms with Crippen molar-refractivity contribution >= 4 is 23.7 Å². The Morgan fingerprint density at radius 1 is 1.00 bits per heavy atom. The van der Waals surface area contributed by atoms with Gasteiger partial charge in [-0.2, -0.15) is 0 Å². The highest BCUT2D eigenvalue weighted by atomic mass is 19.1. The molecule has 4 heteroatoms. The van der Waals surface area contributed by atoms with Crippen molar-refractivity contribution in [3.8, 4) is 0 Å². The minimum absolute atomic E-state index is 0.274. The van der Waals surface area contributed by atoms with Crippen LogP contribution in [0.2, 0.25) is 0 Å². The van der Waals surface area contributed by atoms with Gasteiger partial charge < -0.3 is 9.47 Å². The molecule has 0 saturated carbocycles. The van der Waals surface area contributed by atoms with Gasteiger partial charge >= 0.3 is 5.97 Å². The summed E-state index contributed by atoms with van der Waals surface area (Å²) in [6.45, 7) is 0. The van der Waals surface area contributed by atoms with Crippen LogP contribution in [0.15, 0.2) is 66.9 Å². The first-order valence-corrected chi connectivity index (χ1v) is 7.66. The Kier molecular flexibility index (Phi) is 6.72. The number of methoxy groups -OCH3 is 2. The predicted octanol–water partition coefficient (Wildman–Crippen LogP) is 4.71. The van der Waals surface area contributed by atoms with Crippen LogP contribution in [0.1, 0.15) is 16.7 Å². The zero-order valence-corrected chi connectivity index (χ0v) is 14.1. The van der Waals surface area contributed by atoms with E-state index in [9.17, 15) is 9.18 Å². The van der Waals surface area contributed by atoms with Crippen molar-refractivity contribution < 1.29 is 18.7 Å². The average molecular weight is 338 g/mol. The van der Waals surface area contributed by atoms with Gasteiger partial charge in [-0.15, -0.1) is 0 Å². The van der Waals surface area contributed by atoms with Crippen molar-refractivity contribution in [2.24, 2.45) is 0 Å². The molecular weight excluding hydrogens is 319 g/mol. The lowest BCUT2D eigenvalue weighted by atomic mass is 10.00. The molecular formula is C21H19FO3. The van der Waals surface area contributed by atoms with Crippen molar-refractivity contribution in [1.29, 1.82) is 0 Å². The first kappa shape index (κ1) is 18.2. The van der Waals surface area contributed by atoms with E-state index in [1.165, 1.54) is 32.6 Å². The van der Waals surface area contributed by atoms with E-state index in [-0.39, 0.29) is 5.82 Å². The summed E-state index contributed by atoms with van der Waals surface area (Å²) in [7, 11) is 2.80. The molecule has 0 saturated heterocycles. The molecule has 0 aliphatic heterocycles. The highest BCUT2D eigenvalue weighted by Crippen LogP contribution is 2.22. The highest BCUT2D eigenvalue weighted by molar-refractivity contribution is 6.17. The van der Waals surface area contributed by atoms with Crippen molar-refractivity contribution in [1.82, 2.24) is 0 Å². The summed E-state index contributed by atoms with van der Waals surface area (Å²) in [5.74, 6) is -0.748. The van der Waals surface area contributed by atoms with E-state index >= 15 is 0 Å². The fourth-order valence-electron chi connectivity index (χ4n) is 2.27. The van der Waals surface area contributed by atoms with Crippen LogP contribution in [0.4, 0.5) is 4.39 Å². The molecule has 0 aliphatic rings. The second-order valence-corrected chi connectivity index (χ2v) is 5.12. The quantitative estimate of drug-likeness (QED) is 0.331. The monoisotopic (exact) mass is 338 g/mol. The van der Waals surface area contributed by atoms with Crippen molar-refractivity contribution in [3.05, 3.63) is 89.5 Å². The summed E-state index contributed by atoms with van der Waals surface area (Å²) in [6.07, 6.45) is 8.65. The smallest absolute Gasteiger partial charge is 0.341 e.